The van der Waals surface area contributed by atoms with Crippen LogP contribution in [0.15, 0.2) is 18.2 Å². The van der Waals surface area contributed by atoms with Crippen molar-refractivity contribution in [2.45, 2.75) is 40.5 Å². The van der Waals surface area contributed by atoms with Gasteiger partial charge in [0, 0.05) is 5.41 Å². The lowest BCUT2D eigenvalue weighted by Crippen LogP contribution is -2.47. The van der Waals surface area contributed by atoms with E-state index in [0.717, 1.165) is 23.3 Å². The molecule has 0 unspecified atom stereocenters. The lowest BCUT2D eigenvalue weighted by molar-refractivity contribution is -0.130. The predicted octanol–water partition coefficient (Wildman–Crippen LogP) is 2.88. The molecule has 1 aromatic rings. The maximum atomic E-state index is 12.0. The summed E-state index contributed by atoms with van der Waals surface area (Å²) in [5, 5.41) is 0. The monoisotopic (exact) mass is 322 g/mol. The molecule has 1 rings (SSSR count). The molecule has 2 amide bonds. The molecule has 6 heteroatoms. The minimum Gasteiger partial charge on any atom is -0.493 e. The normalized spacial score (nSPS) is 10.8. The smallest absolute Gasteiger partial charge is 0.425 e. The fraction of sp³-hybridized carbons (Fsp3) is 0.529. The number of nitrogens with one attached hydrogen (secondary N) is 2. The summed E-state index contributed by atoms with van der Waals surface area (Å²) in [6.45, 7) is 8.20. The summed E-state index contributed by atoms with van der Waals surface area (Å²) in [6.07, 6.45) is 0.658. The van der Waals surface area contributed by atoms with Crippen molar-refractivity contribution in [2.24, 2.45) is 5.41 Å². The Morgan fingerprint density at radius 3 is 2.52 bits per heavy atom. The molecule has 0 aliphatic carbocycles. The van der Waals surface area contributed by atoms with Crippen LogP contribution in [0, 0.1) is 19.3 Å². The lowest BCUT2D eigenvalue weighted by Gasteiger charge is -2.23. The summed E-state index contributed by atoms with van der Waals surface area (Å²) in [5.74, 6) is 0.606. The molecule has 0 spiro atoms. The number of ether oxygens (including phenoxy) is 2. The summed E-state index contributed by atoms with van der Waals surface area (Å²) in [5.41, 5.74) is 6.15. The zero-order valence-corrected chi connectivity index (χ0v) is 14.5. The Morgan fingerprint density at radius 1 is 1.17 bits per heavy atom. The Hall–Kier alpha value is -2.24. The molecule has 0 saturated heterocycles. The Labute approximate surface area is 137 Å². The number of hydrazine groups is 1. The minimum absolute atomic E-state index is 0.269. The van der Waals surface area contributed by atoms with Crippen LogP contribution in [-0.4, -0.2) is 25.7 Å². The van der Waals surface area contributed by atoms with E-state index in [4.69, 9.17) is 4.74 Å². The van der Waals surface area contributed by atoms with Crippen LogP contribution in [-0.2, 0) is 9.53 Å². The van der Waals surface area contributed by atoms with E-state index < -0.39 is 11.5 Å². The van der Waals surface area contributed by atoms with Crippen molar-refractivity contribution in [3.63, 3.8) is 0 Å². The largest absolute Gasteiger partial charge is 0.493 e. The Bertz CT molecular complexity index is 556. The van der Waals surface area contributed by atoms with Crippen molar-refractivity contribution in [2.75, 3.05) is 13.7 Å². The van der Waals surface area contributed by atoms with E-state index in [-0.39, 0.29) is 5.91 Å². The first kappa shape index (κ1) is 18.8. The van der Waals surface area contributed by atoms with Crippen molar-refractivity contribution >= 4 is 12.0 Å². The molecule has 0 bridgehead atoms. The van der Waals surface area contributed by atoms with Gasteiger partial charge in [0.25, 0.3) is 0 Å². The lowest BCUT2D eigenvalue weighted by atomic mass is 9.87. The van der Waals surface area contributed by atoms with E-state index in [1.165, 1.54) is 7.11 Å². The van der Waals surface area contributed by atoms with E-state index in [0.29, 0.717) is 13.0 Å². The number of rotatable bonds is 6. The highest BCUT2D eigenvalue weighted by molar-refractivity contribution is 5.83. The molecule has 0 aromatic heterocycles. The number of hydrogen-bond donors (Lipinski definition) is 2. The highest BCUT2D eigenvalue weighted by Crippen LogP contribution is 2.24. The maximum Gasteiger partial charge on any atom is 0.425 e. The number of benzene rings is 1. The standard InChI is InChI=1S/C17H26N2O4/c1-12-7-8-13(2)14(11-12)23-10-6-9-17(3,4)15(20)18-19-16(21)22-5/h7-8,11H,6,9-10H2,1-5H3,(H,18,20)(H,19,21). The second kappa shape index (κ2) is 8.41. The fourth-order valence-electron chi connectivity index (χ4n) is 2.00. The van der Waals surface area contributed by atoms with E-state index in [9.17, 15) is 9.59 Å². The van der Waals surface area contributed by atoms with Gasteiger partial charge in [0.1, 0.15) is 5.75 Å². The first-order valence-corrected chi connectivity index (χ1v) is 7.61. The van der Waals surface area contributed by atoms with Crippen LogP contribution in [0.25, 0.3) is 0 Å². The van der Waals surface area contributed by atoms with Gasteiger partial charge in [-0.05, 0) is 43.9 Å². The maximum absolute atomic E-state index is 12.0. The molecule has 128 valence electrons. The van der Waals surface area contributed by atoms with Crippen LogP contribution in [0.1, 0.15) is 37.8 Å². The van der Waals surface area contributed by atoms with Crippen molar-refractivity contribution < 1.29 is 19.1 Å². The van der Waals surface area contributed by atoms with E-state index in [1.807, 2.05) is 45.9 Å². The summed E-state index contributed by atoms with van der Waals surface area (Å²) < 4.78 is 10.2. The van der Waals surface area contributed by atoms with Crippen LogP contribution in [0.3, 0.4) is 0 Å². The van der Waals surface area contributed by atoms with E-state index in [2.05, 4.69) is 15.6 Å². The van der Waals surface area contributed by atoms with Gasteiger partial charge in [-0.15, -0.1) is 0 Å². The zero-order valence-electron chi connectivity index (χ0n) is 14.5. The van der Waals surface area contributed by atoms with Crippen molar-refractivity contribution in [1.82, 2.24) is 10.9 Å². The van der Waals surface area contributed by atoms with E-state index in [1.54, 1.807) is 0 Å². The zero-order chi connectivity index (χ0) is 17.5. The number of aryl methyl sites for hydroxylation is 2. The van der Waals surface area contributed by atoms with Crippen molar-refractivity contribution in [3.05, 3.63) is 29.3 Å². The average Bonchev–Trinajstić information content (AvgIpc) is 2.51. The highest BCUT2D eigenvalue weighted by Gasteiger charge is 2.27. The van der Waals surface area contributed by atoms with Crippen LogP contribution in [0.2, 0.25) is 0 Å². The second-order valence-electron chi connectivity index (χ2n) is 6.18. The molecular formula is C17H26N2O4. The Balaban J connectivity index is 2.39. The van der Waals surface area contributed by atoms with Crippen LogP contribution >= 0.6 is 0 Å². The molecule has 1 aromatic carbocycles. The summed E-state index contributed by atoms with van der Waals surface area (Å²) in [6, 6.07) is 6.08. The SMILES string of the molecule is COC(=O)NNC(=O)C(C)(C)CCCOc1cc(C)ccc1C. The van der Waals surface area contributed by atoms with Gasteiger partial charge in [-0.1, -0.05) is 26.0 Å². The van der Waals surface area contributed by atoms with Gasteiger partial charge in [-0.2, -0.15) is 0 Å². The van der Waals surface area contributed by atoms with Gasteiger partial charge in [0.2, 0.25) is 5.91 Å². The first-order valence-electron chi connectivity index (χ1n) is 7.61. The van der Waals surface area contributed by atoms with Gasteiger partial charge < -0.3 is 9.47 Å². The molecule has 23 heavy (non-hydrogen) atoms. The highest BCUT2D eigenvalue weighted by atomic mass is 16.5. The van der Waals surface area contributed by atoms with Crippen LogP contribution < -0.4 is 15.6 Å². The molecule has 0 aliphatic rings. The number of carbonyl (C=O) groups excluding carboxylic acids is 2. The molecule has 0 atom stereocenters. The van der Waals surface area contributed by atoms with Gasteiger partial charge in [-0.25, -0.2) is 10.2 Å². The number of amides is 2. The minimum atomic E-state index is -0.701. The van der Waals surface area contributed by atoms with Crippen LogP contribution in [0.4, 0.5) is 4.79 Å². The number of carbonyl (C=O) groups is 2. The second-order valence-corrected chi connectivity index (χ2v) is 6.18. The quantitative estimate of drug-likeness (QED) is 0.624. The number of hydrogen-bond acceptors (Lipinski definition) is 4. The predicted molar refractivity (Wildman–Crippen MR) is 88.1 cm³/mol. The van der Waals surface area contributed by atoms with Gasteiger partial charge >= 0.3 is 6.09 Å². The third-order valence-electron chi connectivity index (χ3n) is 3.63. The third-order valence-corrected chi connectivity index (χ3v) is 3.63. The molecule has 0 heterocycles. The van der Waals surface area contributed by atoms with E-state index >= 15 is 0 Å². The summed E-state index contributed by atoms with van der Waals surface area (Å²) >= 11 is 0. The Kier molecular flexibility index (Phi) is 6.88. The molecule has 2 N–H and O–H groups in total. The topological polar surface area (TPSA) is 76.7 Å². The van der Waals surface area contributed by atoms with Gasteiger partial charge in [0.05, 0.1) is 13.7 Å². The van der Waals surface area contributed by atoms with Crippen molar-refractivity contribution in [3.8, 4) is 5.75 Å². The fourth-order valence-corrected chi connectivity index (χ4v) is 2.00. The average molecular weight is 322 g/mol. The van der Waals surface area contributed by atoms with Crippen molar-refractivity contribution in [1.29, 1.82) is 0 Å². The van der Waals surface area contributed by atoms with Gasteiger partial charge in [0.15, 0.2) is 0 Å². The third kappa shape index (κ3) is 6.18. The van der Waals surface area contributed by atoms with Gasteiger partial charge in [-0.3, -0.25) is 10.2 Å². The molecule has 6 nitrogen and oxygen atoms in total. The number of methoxy groups -OCH3 is 1. The van der Waals surface area contributed by atoms with Crippen LogP contribution in [0.5, 0.6) is 5.75 Å². The molecule has 0 saturated carbocycles. The summed E-state index contributed by atoms with van der Waals surface area (Å²) in [4.78, 5) is 23.0. The molecule has 0 radical (unpaired) electrons. The Morgan fingerprint density at radius 2 is 1.87 bits per heavy atom. The molecule has 0 fully saturated rings. The molecule has 0 aliphatic heterocycles. The summed E-state index contributed by atoms with van der Waals surface area (Å²) in [7, 11) is 1.23. The first-order chi connectivity index (χ1) is 10.8. The molecular weight excluding hydrogens is 296 g/mol.